The first-order valence-corrected chi connectivity index (χ1v) is 10.1. The van der Waals surface area contributed by atoms with Gasteiger partial charge in [-0.3, -0.25) is 10.1 Å². The first-order chi connectivity index (χ1) is 13.1. The Hall–Kier alpha value is -2.59. The van der Waals surface area contributed by atoms with E-state index in [2.05, 4.69) is 30.7 Å². The van der Waals surface area contributed by atoms with Crippen LogP contribution in [-0.4, -0.2) is 41.1 Å². The third kappa shape index (κ3) is 3.37. The third-order valence-electron chi connectivity index (χ3n) is 4.15. The van der Waals surface area contributed by atoms with E-state index < -0.39 is 0 Å². The van der Waals surface area contributed by atoms with Crippen LogP contribution in [0.2, 0.25) is 0 Å². The predicted octanol–water partition coefficient (Wildman–Crippen LogP) is 3.19. The molecule has 0 saturated carbocycles. The number of rotatable bonds is 5. The minimum absolute atomic E-state index is 0.139. The quantitative estimate of drug-likeness (QED) is 0.515. The number of anilines is 1. The molecule has 0 spiro atoms. The molecule has 3 heterocycles. The summed E-state index contributed by atoms with van der Waals surface area (Å²) in [7, 11) is 1.95. The standard InChI is InChI=1S/C17H17N7OS2/c1-4-12(15(25)19-17-22-20-9(2)26-17)27-16-18-14-13(21-23-16)10-7-5-6-8-11(10)24(14)3/h5-8,12H,4H2,1-3H3,(H,19,22,25)/t12-/m0/s1. The fraction of sp³-hybridized carbons (Fsp3) is 0.294. The highest BCUT2D eigenvalue weighted by molar-refractivity contribution is 8.00. The molecule has 0 radical (unpaired) electrons. The second kappa shape index (κ2) is 7.20. The van der Waals surface area contributed by atoms with Gasteiger partial charge < -0.3 is 4.57 Å². The zero-order chi connectivity index (χ0) is 19.0. The molecular formula is C17H17N7OS2. The van der Waals surface area contributed by atoms with E-state index in [1.54, 1.807) is 0 Å². The van der Waals surface area contributed by atoms with Gasteiger partial charge in [-0.1, -0.05) is 48.2 Å². The summed E-state index contributed by atoms with van der Waals surface area (Å²) in [6, 6.07) is 7.99. The molecule has 4 rings (SSSR count). The van der Waals surface area contributed by atoms with Crippen LogP contribution in [-0.2, 0) is 11.8 Å². The molecule has 0 aliphatic rings. The van der Waals surface area contributed by atoms with Crippen LogP contribution in [0.3, 0.4) is 0 Å². The first-order valence-electron chi connectivity index (χ1n) is 8.42. The number of nitrogens with one attached hydrogen (secondary N) is 1. The van der Waals surface area contributed by atoms with Crippen molar-refractivity contribution in [3.8, 4) is 0 Å². The van der Waals surface area contributed by atoms with Crippen molar-refractivity contribution in [2.24, 2.45) is 7.05 Å². The molecule has 27 heavy (non-hydrogen) atoms. The van der Waals surface area contributed by atoms with Crippen LogP contribution in [0, 0.1) is 6.92 Å². The highest BCUT2D eigenvalue weighted by Crippen LogP contribution is 2.28. The Morgan fingerprint density at radius 3 is 2.81 bits per heavy atom. The second-order valence-electron chi connectivity index (χ2n) is 5.97. The van der Waals surface area contributed by atoms with Gasteiger partial charge in [-0.2, -0.15) is 0 Å². The number of fused-ring (bicyclic) bond motifs is 3. The van der Waals surface area contributed by atoms with E-state index in [1.165, 1.54) is 23.1 Å². The number of carbonyl (C=O) groups is 1. The van der Waals surface area contributed by atoms with E-state index in [0.717, 1.165) is 27.1 Å². The molecule has 1 amide bonds. The number of benzene rings is 1. The Labute approximate surface area is 163 Å². The Morgan fingerprint density at radius 1 is 1.26 bits per heavy atom. The van der Waals surface area contributed by atoms with Crippen LogP contribution >= 0.6 is 23.1 Å². The van der Waals surface area contributed by atoms with Crippen LogP contribution in [0.15, 0.2) is 29.4 Å². The van der Waals surface area contributed by atoms with Gasteiger partial charge in [0, 0.05) is 12.4 Å². The summed E-state index contributed by atoms with van der Waals surface area (Å²) >= 11 is 2.65. The first kappa shape index (κ1) is 17.8. The average Bonchev–Trinajstić information content (AvgIpc) is 3.21. The van der Waals surface area contributed by atoms with Gasteiger partial charge in [0.1, 0.15) is 10.5 Å². The lowest BCUT2D eigenvalue weighted by Crippen LogP contribution is -2.24. The molecule has 0 unspecified atom stereocenters. The highest BCUT2D eigenvalue weighted by atomic mass is 32.2. The number of aromatic nitrogens is 6. The van der Waals surface area contributed by atoms with Crippen LogP contribution < -0.4 is 5.32 Å². The maximum atomic E-state index is 12.6. The molecule has 0 aliphatic heterocycles. The van der Waals surface area contributed by atoms with Crippen molar-refractivity contribution in [3.63, 3.8) is 0 Å². The van der Waals surface area contributed by atoms with E-state index in [0.29, 0.717) is 16.7 Å². The number of thioether (sulfide) groups is 1. The van der Waals surface area contributed by atoms with E-state index in [4.69, 9.17) is 0 Å². The highest BCUT2D eigenvalue weighted by Gasteiger charge is 2.22. The zero-order valence-electron chi connectivity index (χ0n) is 15.0. The van der Waals surface area contributed by atoms with Crippen LogP contribution in [0.5, 0.6) is 0 Å². The molecule has 0 bridgehead atoms. The summed E-state index contributed by atoms with van der Waals surface area (Å²) in [6.45, 7) is 3.79. The number of amides is 1. The molecule has 0 fully saturated rings. The topological polar surface area (TPSA) is 98.5 Å². The van der Waals surface area contributed by atoms with E-state index in [1.807, 2.05) is 49.7 Å². The molecule has 10 heteroatoms. The Bertz CT molecular complexity index is 1140. The van der Waals surface area contributed by atoms with Gasteiger partial charge in [-0.15, -0.1) is 20.4 Å². The van der Waals surface area contributed by atoms with E-state index in [9.17, 15) is 4.79 Å². The summed E-state index contributed by atoms with van der Waals surface area (Å²) in [5.74, 6) is -0.139. The molecule has 1 atom stereocenters. The molecule has 8 nitrogen and oxygen atoms in total. The van der Waals surface area contributed by atoms with Gasteiger partial charge in [0.25, 0.3) is 0 Å². The van der Waals surface area contributed by atoms with Crippen molar-refractivity contribution >= 4 is 56.2 Å². The molecule has 4 aromatic rings. The molecule has 3 aromatic heterocycles. The third-order valence-corrected chi connectivity index (χ3v) is 6.12. The van der Waals surface area contributed by atoms with Crippen molar-refractivity contribution < 1.29 is 4.79 Å². The van der Waals surface area contributed by atoms with Gasteiger partial charge >= 0.3 is 0 Å². The monoisotopic (exact) mass is 399 g/mol. The predicted molar refractivity (Wildman–Crippen MR) is 107 cm³/mol. The van der Waals surface area contributed by atoms with Crippen molar-refractivity contribution in [1.82, 2.24) is 29.9 Å². The SMILES string of the molecule is CC[C@H](Sc1nnc2c3ccccc3n(C)c2n1)C(=O)Nc1nnc(C)s1. The molecular weight excluding hydrogens is 382 g/mol. The lowest BCUT2D eigenvalue weighted by Gasteiger charge is -2.11. The Balaban J connectivity index is 1.60. The average molecular weight is 400 g/mol. The van der Waals surface area contributed by atoms with Gasteiger partial charge in [0.2, 0.25) is 16.2 Å². The van der Waals surface area contributed by atoms with Crippen molar-refractivity contribution in [2.45, 2.75) is 30.7 Å². The largest absolute Gasteiger partial charge is 0.327 e. The van der Waals surface area contributed by atoms with Crippen LogP contribution in [0.1, 0.15) is 18.4 Å². The van der Waals surface area contributed by atoms with Gasteiger partial charge in [0.05, 0.1) is 10.8 Å². The minimum Gasteiger partial charge on any atom is -0.327 e. The van der Waals surface area contributed by atoms with E-state index >= 15 is 0 Å². The van der Waals surface area contributed by atoms with Crippen LogP contribution in [0.4, 0.5) is 5.13 Å². The summed E-state index contributed by atoms with van der Waals surface area (Å²) in [4.78, 5) is 17.2. The lowest BCUT2D eigenvalue weighted by atomic mass is 10.2. The summed E-state index contributed by atoms with van der Waals surface area (Å²) in [5, 5.41) is 21.7. The van der Waals surface area contributed by atoms with Crippen LogP contribution in [0.25, 0.3) is 22.1 Å². The number of nitrogens with zero attached hydrogens (tertiary/aromatic N) is 6. The summed E-state index contributed by atoms with van der Waals surface area (Å²) in [5.41, 5.74) is 2.57. The molecule has 1 N–H and O–H groups in total. The summed E-state index contributed by atoms with van der Waals surface area (Å²) < 4.78 is 1.99. The lowest BCUT2D eigenvalue weighted by molar-refractivity contribution is -0.115. The minimum atomic E-state index is -0.344. The van der Waals surface area contributed by atoms with Gasteiger partial charge in [-0.25, -0.2) is 4.98 Å². The molecule has 0 saturated heterocycles. The zero-order valence-corrected chi connectivity index (χ0v) is 16.6. The number of hydrogen-bond donors (Lipinski definition) is 1. The summed E-state index contributed by atoms with van der Waals surface area (Å²) in [6.07, 6.45) is 0.630. The fourth-order valence-electron chi connectivity index (χ4n) is 2.82. The number of para-hydroxylation sites is 1. The Morgan fingerprint density at radius 2 is 2.07 bits per heavy atom. The molecule has 1 aromatic carbocycles. The molecule has 138 valence electrons. The fourth-order valence-corrected chi connectivity index (χ4v) is 4.23. The second-order valence-corrected chi connectivity index (χ2v) is 8.32. The van der Waals surface area contributed by atoms with E-state index in [-0.39, 0.29) is 11.2 Å². The van der Waals surface area contributed by atoms with Gasteiger partial charge in [0.15, 0.2) is 5.65 Å². The normalized spacial score (nSPS) is 12.6. The maximum absolute atomic E-state index is 12.6. The van der Waals surface area contributed by atoms with Crippen molar-refractivity contribution in [1.29, 1.82) is 0 Å². The van der Waals surface area contributed by atoms with Crippen molar-refractivity contribution in [3.05, 3.63) is 29.3 Å². The van der Waals surface area contributed by atoms with Gasteiger partial charge in [-0.05, 0) is 19.4 Å². The number of carbonyl (C=O) groups excluding carboxylic acids is 1. The van der Waals surface area contributed by atoms with Crippen molar-refractivity contribution in [2.75, 3.05) is 5.32 Å². The smallest absolute Gasteiger partial charge is 0.239 e. The maximum Gasteiger partial charge on any atom is 0.239 e. The Kier molecular flexibility index (Phi) is 4.75. The number of aryl methyl sites for hydroxylation is 2. The number of hydrogen-bond acceptors (Lipinski definition) is 8. The molecule has 0 aliphatic carbocycles.